The maximum atomic E-state index is 12.5. The molecule has 0 bridgehead atoms. The lowest BCUT2D eigenvalue weighted by molar-refractivity contribution is 0.0513. The minimum absolute atomic E-state index is 0.00326. The Labute approximate surface area is 126 Å². The molecular weight excluding hydrogens is 357 g/mol. The number of nitrogens with two attached hydrogens (primary N) is 1. The van der Waals surface area contributed by atoms with Crippen LogP contribution in [0.4, 0.5) is 0 Å². The largest absolute Gasteiger partial charge is 0.507 e. The van der Waals surface area contributed by atoms with E-state index >= 15 is 0 Å². The summed E-state index contributed by atoms with van der Waals surface area (Å²) >= 11 is 2.13. The second kappa shape index (κ2) is 6.06. The van der Waals surface area contributed by atoms with Crippen molar-refractivity contribution in [2.24, 2.45) is 5.73 Å². The van der Waals surface area contributed by atoms with Gasteiger partial charge in [-0.25, -0.2) is 0 Å². The van der Waals surface area contributed by atoms with E-state index in [1.54, 1.807) is 23.1 Å². The number of halogens is 1. The van der Waals surface area contributed by atoms with Crippen molar-refractivity contribution < 1.29 is 9.90 Å². The third kappa shape index (κ3) is 3.18. The summed E-state index contributed by atoms with van der Waals surface area (Å²) < 4.78 is 0.928. The van der Waals surface area contributed by atoms with Crippen LogP contribution in [0.1, 0.15) is 10.4 Å². The van der Waals surface area contributed by atoms with Gasteiger partial charge < -0.3 is 20.6 Å². The third-order valence-electron chi connectivity index (χ3n) is 3.41. The van der Waals surface area contributed by atoms with Crippen molar-refractivity contribution in [3.8, 4) is 5.75 Å². The molecule has 1 aromatic rings. The van der Waals surface area contributed by atoms with Crippen molar-refractivity contribution >= 4 is 28.5 Å². The lowest BCUT2D eigenvalue weighted by Crippen LogP contribution is -2.56. The van der Waals surface area contributed by atoms with E-state index in [4.69, 9.17) is 5.73 Å². The molecule has 1 aromatic carbocycles. The number of carbonyl (C=O) groups is 1. The average Bonchev–Trinajstić information content (AvgIpc) is 2.40. The minimum atomic E-state index is -0.139. The predicted molar refractivity (Wildman–Crippen MR) is 82.2 cm³/mol. The molecule has 0 saturated carbocycles. The van der Waals surface area contributed by atoms with E-state index in [1.165, 1.54) is 0 Å². The van der Waals surface area contributed by atoms with Gasteiger partial charge in [0.25, 0.3) is 5.91 Å². The van der Waals surface area contributed by atoms with Crippen molar-refractivity contribution in [1.29, 1.82) is 0 Å². The zero-order valence-electron chi connectivity index (χ0n) is 10.8. The molecule has 1 amide bonds. The summed E-state index contributed by atoms with van der Waals surface area (Å²) in [5.41, 5.74) is 6.11. The molecule has 0 spiro atoms. The molecule has 104 valence electrons. The molecule has 1 unspecified atom stereocenters. The van der Waals surface area contributed by atoms with Crippen LogP contribution in [0.2, 0.25) is 0 Å². The number of piperazine rings is 1. The molecule has 0 aliphatic carbocycles. The summed E-state index contributed by atoms with van der Waals surface area (Å²) in [5, 5.41) is 9.85. The first-order chi connectivity index (χ1) is 9.02. The Kier molecular flexibility index (Phi) is 4.64. The van der Waals surface area contributed by atoms with E-state index in [0.717, 1.165) is 16.7 Å². The van der Waals surface area contributed by atoms with E-state index in [-0.39, 0.29) is 17.7 Å². The Balaban J connectivity index is 2.25. The fourth-order valence-corrected chi connectivity index (χ4v) is 2.81. The van der Waals surface area contributed by atoms with E-state index in [2.05, 4.69) is 27.5 Å². The van der Waals surface area contributed by atoms with Gasteiger partial charge in [0, 0.05) is 29.7 Å². The number of hydrogen-bond donors (Lipinski definition) is 2. The maximum Gasteiger partial charge on any atom is 0.258 e. The molecule has 2 rings (SSSR count). The normalized spacial score (nSPS) is 20.6. The summed E-state index contributed by atoms with van der Waals surface area (Å²) in [6, 6.07) is 5.05. The number of nitrogens with zero attached hydrogens (tertiary/aromatic N) is 2. The number of carbonyl (C=O) groups excluding carboxylic acids is 1. The van der Waals surface area contributed by atoms with E-state index in [1.807, 2.05) is 7.05 Å². The Morgan fingerprint density at radius 3 is 2.95 bits per heavy atom. The first-order valence-electron chi connectivity index (χ1n) is 6.21. The number of rotatable bonds is 2. The van der Waals surface area contributed by atoms with Crippen LogP contribution in [-0.2, 0) is 0 Å². The monoisotopic (exact) mass is 375 g/mol. The maximum absolute atomic E-state index is 12.5. The lowest BCUT2D eigenvalue weighted by Gasteiger charge is -2.39. The van der Waals surface area contributed by atoms with Crippen molar-refractivity contribution in [3.63, 3.8) is 0 Å². The second-order valence-electron chi connectivity index (χ2n) is 4.81. The Morgan fingerprint density at radius 2 is 2.26 bits per heavy atom. The fourth-order valence-electron chi connectivity index (χ4n) is 2.31. The van der Waals surface area contributed by atoms with Crippen LogP contribution in [0.5, 0.6) is 5.75 Å². The summed E-state index contributed by atoms with van der Waals surface area (Å²) in [5.74, 6) is -0.111. The molecule has 1 atom stereocenters. The van der Waals surface area contributed by atoms with Crippen molar-refractivity contribution in [1.82, 2.24) is 9.80 Å². The second-order valence-corrected chi connectivity index (χ2v) is 6.06. The summed E-state index contributed by atoms with van der Waals surface area (Å²) in [4.78, 5) is 16.5. The van der Waals surface area contributed by atoms with Gasteiger partial charge >= 0.3 is 0 Å². The van der Waals surface area contributed by atoms with Crippen LogP contribution in [0.3, 0.4) is 0 Å². The Bertz CT molecular complexity index is 481. The first-order valence-corrected chi connectivity index (χ1v) is 7.29. The van der Waals surface area contributed by atoms with Gasteiger partial charge in [-0.15, -0.1) is 0 Å². The highest BCUT2D eigenvalue weighted by atomic mass is 127. The smallest absolute Gasteiger partial charge is 0.258 e. The lowest BCUT2D eigenvalue weighted by atomic mass is 10.1. The molecule has 5 nitrogen and oxygen atoms in total. The molecule has 1 aliphatic rings. The van der Waals surface area contributed by atoms with Gasteiger partial charge in [-0.1, -0.05) is 0 Å². The van der Waals surface area contributed by atoms with Gasteiger partial charge in [0.2, 0.25) is 0 Å². The molecule has 0 radical (unpaired) electrons. The molecule has 1 saturated heterocycles. The molecule has 1 aliphatic heterocycles. The molecule has 1 heterocycles. The zero-order valence-corrected chi connectivity index (χ0v) is 13.0. The van der Waals surface area contributed by atoms with Crippen LogP contribution < -0.4 is 5.73 Å². The van der Waals surface area contributed by atoms with Crippen molar-refractivity contribution in [3.05, 3.63) is 27.3 Å². The number of likely N-dealkylation sites (N-methyl/N-ethyl adjacent to an activating group) is 1. The van der Waals surface area contributed by atoms with Crippen LogP contribution >= 0.6 is 22.6 Å². The van der Waals surface area contributed by atoms with Crippen LogP contribution in [0.15, 0.2) is 18.2 Å². The Morgan fingerprint density at radius 1 is 1.53 bits per heavy atom. The number of phenols is 1. The highest BCUT2D eigenvalue weighted by Crippen LogP contribution is 2.23. The third-order valence-corrected chi connectivity index (χ3v) is 4.08. The summed E-state index contributed by atoms with van der Waals surface area (Å²) in [6.45, 7) is 2.67. The summed E-state index contributed by atoms with van der Waals surface area (Å²) in [6.07, 6.45) is 0. The van der Waals surface area contributed by atoms with Gasteiger partial charge in [-0.05, 0) is 47.8 Å². The standard InChI is InChI=1S/C13H18IN3O2/c1-16-4-5-17(10(7-15)8-16)13(19)11-6-9(14)2-3-12(11)18/h2-3,6,10,18H,4-5,7-8,15H2,1H3. The zero-order chi connectivity index (χ0) is 14.0. The van der Waals surface area contributed by atoms with E-state index in [0.29, 0.717) is 18.7 Å². The molecule has 3 N–H and O–H groups in total. The van der Waals surface area contributed by atoms with Gasteiger partial charge in [-0.2, -0.15) is 0 Å². The predicted octanol–water partition coefficient (Wildman–Crippen LogP) is 0.712. The minimum Gasteiger partial charge on any atom is -0.507 e. The molecule has 6 heteroatoms. The first kappa shape index (κ1) is 14.5. The highest BCUT2D eigenvalue weighted by Gasteiger charge is 2.29. The fraction of sp³-hybridized carbons (Fsp3) is 0.462. The number of phenolic OH excluding ortho intramolecular Hbond substituents is 1. The number of amides is 1. The Hall–Kier alpha value is -0.860. The molecule has 0 aromatic heterocycles. The highest BCUT2D eigenvalue weighted by molar-refractivity contribution is 14.1. The van der Waals surface area contributed by atoms with Gasteiger partial charge in [0.1, 0.15) is 5.75 Å². The average molecular weight is 375 g/mol. The van der Waals surface area contributed by atoms with Crippen molar-refractivity contribution in [2.45, 2.75) is 6.04 Å². The van der Waals surface area contributed by atoms with Gasteiger partial charge in [0.05, 0.1) is 11.6 Å². The van der Waals surface area contributed by atoms with Crippen molar-refractivity contribution in [2.75, 3.05) is 33.2 Å². The molecule has 19 heavy (non-hydrogen) atoms. The number of aromatic hydroxyl groups is 1. The van der Waals surface area contributed by atoms with E-state index in [9.17, 15) is 9.90 Å². The quantitative estimate of drug-likeness (QED) is 0.748. The van der Waals surface area contributed by atoms with Gasteiger partial charge in [0.15, 0.2) is 0 Å². The van der Waals surface area contributed by atoms with Crippen LogP contribution in [-0.4, -0.2) is 60.1 Å². The van der Waals surface area contributed by atoms with E-state index < -0.39 is 0 Å². The number of benzene rings is 1. The molecular formula is C13H18IN3O2. The topological polar surface area (TPSA) is 69.8 Å². The SMILES string of the molecule is CN1CCN(C(=O)c2cc(I)ccc2O)C(CN)C1. The number of hydrogen-bond acceptors (Lipinski definition) is 4. The summed E-state index contributed by atoms with van der Waals surface area (Å²) in [7, 11) is 2.02. The van der Waals surface area contributed by atoms with Gasteiger partial charge in [-0.3, -0.25) is 4.79 Å². The van der Waals surface area contributed by atoms with Crippen LogP contribution in [0, 0.1) is 3.57 Å². The van der Waals surface area contributed by atoms with Crippen LogP contribution in [0.25, 0.3) is 0 Å². The molecule has 1 fully saturated rings.